The van der Waals surface area contributed by atoms with Gasteiger partial charge in [-0.1, -0.05) is 36.4 Å². The molecule has 1 aliphatic carbocycles. The monoisotopic (exact) mass is 309 g/mol. The van der Waals surface area contributed by atoms with Gasteiger partial charge in [0.1, 0.15) is 12.0 Å². The predicted octanol–water partition coefficient (Wildman–Crippen LogP) is 3.19. The molecular weight excluding hydrogens is 290 g/mol. The minimum atomic E-state index is 0.0255. The van der Waals surface area contributed by atoms with Crippen LogP contribution in [0.4, 0.5) is 0 Å². The summed E-state index contributed by atoms with van der Waals surface area (Å²) in [4.78, 5) is 5.07. The van der Waals surface area contributed by atoms with Crippen LogP contribution in [0.2, 0.25) is 0 Å². The second-order valence-electron chi connectivity index (χ2n) is 5.30. The minimum absolute atomic E-state index is 0.0255. The quantitative estimate of drug-likeness (QED) is 0.635. The first kappa shape index (κ1) is 15.3. The molecule has 1 aliphatic rings. The number of benzene rings is 2. The molecule has 23 heavy (non-hydrogen) atoms. The average Bonchev–Trinajstić information content (AvgIpc) is 3.03. The summed E-state index contributed by atoms with van der Waals surface area (Å²) in [6.07, 6.45) is 4.62. The number of ether oxygens (including phenoxy) is 1. The second-order valence-corrected chi connectivity index (χ2v) is 5.30. The molecule has 2 aromatic carbocycles. The molecule has 3 rings (SSSR count). The molecule has 0 spiro atoms. The third kappa shape index (κ3) is 3.62. The van der Waals surface area contributed by atoms with E-state index < -0.39 is 0 Å². The standard InChI is InChI=1S/C19H19NO3/c1-22-20-19(13-23-18-8-6-14(12-21)7-9-18)17-10-15-4-2-3-5-16(15)11-17/h2-10,13,20-21H,11-12H2,1H3. The van der Waals surface area contributed by atoms with E-state index in [4.69, 9.17) is 14.7 Å². The first-order valence-electron chi connectivity index (χ1n) is 7.44. The maximum absolute atomic E-state index is 9.06. The number of aliphatic hydroxyl groups is 1. The fourth-order valence-corrected chi connectivity index (χ4v) is 2.53. The Morgan fingerprint density at radius 3 is 2.65 bits per heavy atom. The molecule has 2 N–H and O–H groups in total. The molecule has 0 unspecified atom stereocenters. The summed E-state index contributed by atoms with van der Waals surface area (Å²) < 4.78 is 5.70. The molecule has 2 aromatic rings. The predicted molar refractivity (Wildman–Crippen MR) is 89.3 cm³/mol. The molecule has 0 heterocycles. The molecule has 0 aliphatic heterocycles. The number of aliphatic hydroxyl groups excluding tert-OH is 1. The molecule has 0 atom stereocenters. The van der Waals surface area contributed by atoms with Crippen LogP contribution in [0.5, 0.6) is 5.75 Å². The van der Waals surface area contributed by atoms with Crippen molar-refractivity contribution in [1.82, 2.24) is 5.48 Å². The fraction of sp³-hybridized carbons (Fsp3) is 0.158. The maximum atomic E-state index is 9.06. The largest absolute Gasteiger partial charge is 0.463 e. The van der Waals surface area contributed by atoms with Crippen molar-refractivity contribution in [1.29, 1.82) is 0 Å². The number of nitrogens with one attached hydrogen (secondary N) is 1. The van der Waals surface area contributed by atoms with E-state index in [1.165, 1.54) is 11.1 Å². The number of hydroxylamine groups is 1. The molecule has 0 aromatic heterocycles. The number of allylic oxidation sites excluding steroid dienone is 1. The zero-order valence-electron chi connectivity index (χ0n) is 13.0. The summed E-state index contributed by atoms with van der Waals surface area (Å²) in [5.41, 5.74) is 8.14. The van der Waals surface area contributed by atoms with Crippen LogP contribution in [-0.4, -0.2) is 12.2 Å². The van der Waals surface area contributed by atoms with E-state index in [2.05, 4.69) is 23.7 Å². The minimum Gasteiger partial charge on any atom is -0.463 e. The van der Waals surface area contributed by atoms with E-state index in [-0.39, 0.29) is 6.61 Å². The van der Waals surface area contributed by atoms with Gasteiger partial charge in [0, 0.05) is 6.42 Å². The first-order valence-corrected chi connectivity index (χ1v) is 7.44. The average molecular weight is 309 g/mol. The Balaban J connectivity index is 1.76. The van der Waals surface area contributed by atoms with Crippen LogP contribution in [0.3, 0.4) is 0 Å². The van der Waals surface area contributed by atoms with Crippen LogP contribution in [0.1, 0.15) is 16.7 Å². The van der Waals surface area contributed by atoms with Gasteiger partial charge in [-0.15, -0.1) is 0 Å². The van der Waals surface area contributed by atoms with E-state index >= 15 is 0 Å². The van der Waals surface area contributed by atoms with Gasteiger partial charge in [0.2, 0.25) is 0 Å². The Morgan fingerprint density at radius 1 is 1.17 bits per heavy atom. The van der Waals surface area contributed by atoms with E-state index in [9.17, 15) is 0 Å². The van der Waals surface area contributed by atoms with Crippen molar-refractivity contribution in [3.63, 3.8) is 0 Å². The van der Waals surface area contributed by atoms with Crippen LogP contribution in [0, 0.1) is 0 Å². The van der Waals surface area contributed by atoms with Crippen molar-refractivity contribution in [2.24, 2.45) is 0 Å². The van der Waals surface area contributed by atoms with Crippen LogP contribution >= 0.6 is 0 Å². The van der Waals surface area contributed by atoms with Gasteiger partial charge in [-0.2, -0.15) is 0 Å². The Morgan fingerprint density at radius 2 is 1.96 bits per heavy atom. The second kappa shape index (κ2) is 7.13. The van der Waals surface area contributed by atoms with Gasteiger partial charge in [-0.25, -0.2) is 0 Å². The van der Waals surface area contributed by atoms with Crippen molar-refractivity contribution in [2.75, 3.05) is 7.11 Å². The first-order chi connectivity index (χ1) is 11.3. The summed E-state index contributed by atoms with van der Waals surface area (Å²) in [6, 6.07) is 15.6. The molecule has 0 amide bonds. The molecule has 0 saturated heterocycles. The zero-order chi connectivity index (χ0) is 16.1. The van der Waals surface area contributed by atoms with Crippen molar-refractivity contribution in [3.05, 3.63) is 82.8 Å². The highest BCUT2D eigenvalue weighted by Crippen LogP contribution is 2.28. The maximum Gasteiger partial charge on any atom is 0.126 e. The Bertz CT molecular complexity index is 733. The molecule has 0 fully saturated rings. The summed E-state index contributed by atoms with van der Waals surface area (Å²) in [5.74, 6) is 0.703. The highest BCUT2D eigenvalue weighted by atomic mass is 16.6. The van der Waals surface area contributed by atoms with E-state index in [0.717, 1.165) is 23.3 Å². The lowest BCUT2D eigenvalue weighted by molar-refractivity contribution is 0.117. The van der Waals surface area contributed by atoms with Crippen LogP contribution in [0.25, 0.3) is 6.08 Å². The summed E-state index contributed by atoms with van der Waals surface area (Å²) >= 11 is 0. The zero-order valence-corrected chi connectivity index (χ0v) is 13.0. The fourth-order valence-electron chi connectivity index (χ4n) is 2.53. The Labute approximate surface area is 135 Å². The number of hydrogen-bond donors (Lipinski definition) is 2. The summed E-state index contributed by atoms with van der Waals surface area (Å²) in [5, 5.41) is 9.06. The Kier molecular flexibility index (Phi) is 4.76. The van der Waals surface area contributed by atoms with E-state index in [0.29, 0.717) is 5.75 Å². The van der Waals surface area contributed by atoms with Crippen molar-refractivity contribution in [3.8, 4) is 5.75 Å². The van der Waals surface area contributed by atoms with E-state index in [1.807, 2.05) is 36.4 Å². The number of fused-ring (bicyclic) bond motifs is 1. The van der Waals surface area contributed by atoms with Gasteiger partial charge in [0.25, 0.3) is 0 Å². The van der Waals surface area contributed by atoms with Crippen LogP contribution in [0.15, 0.2) is 66.1 Å². The summed E-state index contributed by atoms with van der Waals surface area (Å²) in [7, 11) is 1.58. The third-order valence-electron chi connectivity index (χ3n) is 3.74. The van der Waals surface area contributed by atoms with Gasteiger partial charge in [0.15, 0.2) is 0 Å². The van der Waals surface area contributed by atoms with Gasteiger partial charge in [-0.05, 0) is 40.5 Å². The molecule has 4 nitrogen and oxygen atoms in total. The van der Waals surface area contributed by atoms with Gasteiger partial charge in [-0.3, -0.25) is 10.3 Å². The molecule has 0 radical (unpaired) electrons. The number of hydrogen-bond acceptors (Lipinski definition) is 4. The SMILES string of the molecule is CONC(=COc1ccc(CO)cc1)C1=Cc2ccccc2C1. The highest BCUT2D eigenvalue weighted by molar-refractivity contribution is 5.67. The molecule has 4 heteroatoms. The van der Waals surface area contributed by atoms with Gasteiger partial charge < -0.3 is 9.84 Å². The lowest BCUT2D eigenvalue weighted by Crippen LogP contribution is -2.14. The summed E-state index contributed by atoms with van der Waals surface area (Å²) in [6.45, 7) is 0.0255. The van der Waals surface area contributed by atoms with Gasteiger partial charge in [0.05, 0.1) is 19.4 Å². The van der Waals surface area contributed by atoms with Crippen LogP contribution in [-0.2, 0) is 17.9 Å². The third-order valence-corrected chi connectivity index (χ3v) is 3.74. The Hall–Kier alpha value is -2.56. The highest BCUT2D eigenvalue weighted by Gasteiger charge is 2.15. The molecule has 0 bridgehead atoms. The van der Waals surface area contributed by atoms with Crippen molar-refractivity contribution < 1.29 is 14.7 Å². The smallest absolute Gasteiger partial charge is 0.126 e. The van der Waals surface area contributed by atoms with E-state index in [1.54, 1.807) is 13.4 Å². The van der Waals surface area contributed by atoms with Gasteiger partial charge >= 0.3 is 0 Å². The molecule has 0 saturated carbocycles. The lowest BCUT2D eigenvalue weighted by Gasteiger charge is -2.10. The normalized spacial score (nSPS) is 13.5. The van der Waals surface area contributed by atoms with Crippen LogP contribution < -0.4 is 10.2 Å². The lowest BCUT2D eigenvalue weighted by atomic mass is 10.1. The molecule has 118 valence electrons. The topological polar surface area (TPSA) is 50.7 Å². The van der Waals surface area contributed by atoms with Crippen molar-refractivity contribution in [2.45, 2.75) is 13.0 Å². The van der Waals surface area contributed by atoms with Crippen molar-refractivity contribution >= 4 is 6.08 Å². The number of rotatable bonds is 6. The molecular formula is C19H19NO3.